The van der Waals surface area contributed by atoms with Crippen LogP contribution >= 0.6 is 0 Å². The Kier molecular flexibility index (Phi) is 4.75. The maximum atomic E-state index is 11.7. The summed E-state index contributed by atoms with van der Waals surface area (Å²) < 4.78 is 5.04. The number of hydrogen-bond donors (Lipinski definition) is 2. The van der Waals surface area contributed by atoms with Gasteiger partial charge >= 0.3 is 0 Å². The van der Waals surface area contributed by atoms with Gasteiger partial charge in [-0.3, -0.25) is 4.79 Å². The zero-order chi connectivity index (χ0) is 16.1. The molecule has 1 aliphatic heterocycles. The number of furan rings is 1. The van der Waals surface area contributed by atoms with Crippen molar-refractivity contribution < 1.29 is 9.21 Å². The molecule has 23 heavy (non-hydrogen) atoms. The van der Waals surface area contributed by atoms with E-state index in [9.17, 15) is 4.79 Å². The minimum absolute atomic E-state index is 0.214. The van der Waals surface area contributed by atoms with E-state index in [1.54, 1.807) is 12.1 Å². The lowest BCUT2D eigenvalue weighted by atomic mass is 10.4. The number of carbonyl (C=O) groups is 1. The number of anilines is 2. The van der Waals surface area contributed by atoms with Crippen molar-refractivity contribution in [3.05, 3.63) is 36.0 Å². The molecule has 0 spiro atoms. The Balaban J connectivity index is 1.51. The van der Waals surface area contributed by atoms with Gasteiger partial charge in [-0.25, -0.2) is 9.97 Å². The van der Waals surface area contributed by atoms with Crippen molar-refractivity contribution in [2.45, 2.75) is 19.8 Å². The first kappa shape index (κ1) is 15.3. The highest BCUT2D eigenvalue weighted by Crippen LogP contribution is 2.20. The molecule has 1 saturated heterocycles. The Hall–Kier alpha value is -2.57. The monoisotopic (exact) mass is 315 g/mol. The summed E-state index contributed by atoms with van der Waals surface area (Å²) in [5, 5.41) is 6.02. The molecule has 0 radical (unpaired) electrons. The van der Waals surface area contributed by atoms with Gasteiger partial charge in [0.25, 0.3) is 5.91 Å². The van der Waals surface area contributed by atoms with Gasteiger partial charge < -0.3 is 20.0 Å². The predicted octanol–water partition coefficient (Wildman–Crippen LogP) is 1.82. The van der Waals surface area contributed by atoms with Crippen LogP contribution in [0.2, 0.25) is 0 Å². The second-order valence-corrected chi connectivity index (χ2v) is 5.51. The zero-order valence-corrected chi connectivity index (χ0v) is 13.2. The van der Waals surface area contributed by atoms with Crippen molar-refractivity contribution in [2.24, 2.45) is 0 Å². The first-order valence-corrected chi connectivity index (χ1v) is 7.88. The molecule has 0 atom stereocenters. The third-order valence-corrected chi connectivity index (χ3v) is 3.72. The third kappa shape index (κ3) is 4.00. The van der Waals surface area contributed by atoms with E-state index in [1.165, 1.54) is 19.1 Å². The van der Waals surface area contributed by atoms with Crippen molar-refractivity contribution in [2.75, 3.05) is 36.4 Å². The smallest absolute Gasteiger partial charge is 0.287 e. The molecule has 3 heterocycles. The quantitative estimate of drug-likeness (QED) is 0.791. The van der Waals surface area contributed by atoms with Crippen LogP contribution in [0.3, 0.4) is 0 Å². The van der Waals surface area contributed by atoms with Gasteiger partial charge in [-0.05, 0) is 31.9 Å². The number of hydrogen-bond acceptors (Lipinski definition) is 6. The summed E-state index contributed by atoms with van der Waals surface area (Å²) in [6.07, 6.45) is 3.91. The number of nitrogens with one attached hydrogen (secondary N) is 2. The molecule has 1 aliphatic rings. The van der Waals surface area contributed by atoms with Crippen LogP contribution in [0.5, 0.6) is 0 Å². The summed E-state index contributed by atoms with van der Waals surface area (Å²) in [5.74, 6) is 2.60. The molecular formula is C16H21N5O2. The molecule has 2 N–H and O–H groups in total. The summed E-state index contributed by atoms with van der Waals surface area (Å²) in [6, 6.07) is 5.29. The van der Waals surface area contributed by atoms with Gasteiger partial charge in [0.1, 0.15) is 17.5 Å². The van der Waals surface area contributed by atoms with Crippen LogP contribution in [0, 0.1) is 6.92 Å². The Bertz CT molecular complexity index is 650. The predicted molar refractivity (Wildman–Crippen MR) is 87.7 cm³/mol. The highest BCUT2D eigenvalue weighted by Gasteiger charge is 2.15. The van der Waals surface area contributed by atoms with Crippen molar-refractivity contribution >= 4 is 17.5 Å². The van der Waals surface area contributed by atoms with Gasteiger partial charge in [-0.2, -0.15) is 0 Å². The van der Waals surface area contributed by atoms with E-state index >= 15 is 0 Å². The summed E-state index contributed by atoms with van der Waals surface area (Å²) in [6.45, 7) is 5.07. The summed E-state index contributed by atoms with van der Waals surface area (Å²) in [7, 11) is 0. The van der Waals surface area contributed by atoms with E-state index in [-0.39, 0.29) is 5.91 Å². The Labute approximate surface area is 135 Å². The molecule has 7 heteroatoms. The van der Waals surface area contributed by atoms with Gasteiger partial charge in [0.15, 0.2) is 5.76 Å². The van der Waals surface area contributed by atoms with Crippen LogP contribution in [-0.4, -0.2) is 42.1 Å². The summed E-state index contributed by atoms with van der Waals surface area (Å²) in [4.78, 5) is 22.9. The molecule has 1 fully saturated rings. The first-order valence-electron chi connectivity index (χ1n) is 7.88. The fraction of sp³-hybridized carbons (Fsp3) is 0.438. The molecule has 122 valence electrons. The van der Waals surface area contributed by atoms with E-state index in [0.29, 0.717) is 18.8 Å². The average molecular weight is 315 g/mol. The van der Waals surface area contributed by atoms with E-state index < -0.39 is 0 Å². The van der Waals surface area contributed by atoms with Crippen LogP contribution in [0.25, 0.3) is 0 Å². The van der Waals surface area contributed by atoms with Crippen LogP contribution in [0.1, 0.15) is 29.2 Å². The lowest BCUT2D eigenvalue weighted by Gasteiger charge is -2.17. The number of aryl methyl sites for hydroxylation is 1. The lowest BCUT2D eigenvalue weighted by Crippen LogP contribution is -2.28. The van der Waals surface area contributed by atoms with Crippen LogP contribution in [0.15, 0.2) is 28.9 Å². The van der Waals surface area contributed by atoms with E-state index in [2.05, 4.69) is 25.5 Å². The van der Waals surface area contributed by atoms with E-state index in [1.807, 2.05) is 13.0 Å². The van der Waals surface area contributed by atoms with Gasteiger partial charge in [0.05, 0.1) is 6.26 Å². The van der Waals surface area contributed by atoms with Crippen LogP contribution in [0.4, 0.5) is 11.6 Å². The Morgan fingerprint density at radius 3 is 2.87 bits per heavy atom. The number of amides is 1. The molecule has 0 aromatic carbocycles. The molecule has 0 unspecified atom stereocenters. The maximum absolute atomic E-state index is 11.7. The molecule has 0 bridgehead atoms. The second kappa shape index (κ2) is 7.13. The number of rotatable bonds is 6. The zero-order valence-electron chi connectivity index (χ0n) is 13.2. The average Bonchev–Trinajstić information content (AvgIpc) is 3.23. The highest BCUT2D eigenvalue weighted by atomic mass is 16.3. The second-order valence-electron chi connectivity index (χ2n) is 5.51. The molecule has 0 aliphatic carbocycles. The first-order chi connectivity index (χ1) is 11.2. The van der Waals surface area contributed by atoms with Crippen LogP contribution in [-0.2, 0) is 0 Å². The third-order valence-electron chi connectivity index (χ3n) is 3.72. The van der Waals surface area contributed by atoms with Gasteiger partial charge in [-0.1, -0.05) is 0 Å². The maximum Gasteiger partial charge on any atom is 0.287 e. The van der Waals surface area contributed by atoms with Crippen molar-refractivity contribution in [1.82, 2.24) is 15.3 Å². The van der Waals surface area contributed by atoms with Crippen molar-refractivity contribution in [3.63, 3.8) is 0 Å². The van der Waals surface area contributed by atoms with Gasteiger partial charge in [-0.15, -0.1) is 0 Å². The normalized spacial score (nSPS) is 14.0. The van der Waals surface area contributed by atoms with Crippen molar-refractivity contribution in [3.8, 4) is 0 Å². The summed E-state index contributed by atoms with van der Waals surface area (Å²) >= 11 is 0. The van der Waals surface area contributed by atoms with Gasteiger partial charge in [0, 0.05) is 32.2 Å². The van der Waals surface area contributed by atoms with Crippen molar-refractivity contribution in [1.29, 1.82) is 0 Å². The number of carbonyl (C=O) groups excluding carboxylic acids is 1. The van der Waals surface area contributed by atoms with Gasteiger partial charge in [0.2, 0.25) is 0 Å². The summed E-state index contributed by atoms with van der Waals surface area (Å²) in [5.41, 5.74) is 0. The minimum Gasteiger partial charge on any atom is -0.459 e. The minimum atomic E-state index is -0.214. The standard InChI is InChI=1S/C16H21N5O2/c1-12-19-14(11-15(20-12)21-8-2-3-9-21)17-6-7-18-16(22)13-5-4-10-23-13/h4-5,10-11H,2-3,6-9H2,1H3,(H,18,22)(H,17,19,20). The van der Waals surface area contributed by atoms with E-state index in [4.69, 9.17) is 4.42 Å². The fourth-order valence-corrected chi connectivity index (χ4v) is 2.61. The Morgan fingerprint density at radius 1 is 1.30 bits per heavy atom. The molecular weight excluding hydrogens is 294 g/mol. The molecule has 2 aromatic rings. The SMILES string of the molecule is Cc1nc(NCCNC(=O)c2ccco2)cc(N2CCCC2)n1. The molecule has 3 rings (SSSR count). The largest absolute Gasteiger partial charge is 0.459 e. The van der Waals surface area contributed by atoms with Crippen LogP contribution < -0.4 is 15.5 Å². The van der Waals surface area contributed by atoms with E-state index in [0.717, 1.165) is 30.5 Å². The number of aromatic nitrogens is 2. The molecule has 7 nitrogen and oxygen atoms in total. The lowest BCUT2D eigenvalue weighted by molar-refractivity contribution is 0.0927. The molecule has 2 aromatic heterocycles. The highest BCUT2D eigenvalue weighted by molar-refractivity contribution is 5.91. The molecule has 1 amide bonds. The number of nitrogens with zero attached hydrogens (tertiary/aromatic N) is 3. The molecule has 0 saturated carbocycles. The topological polar surface area (TPSA) is 83.3 Å². The fourth-order valence-electron chi connectivity index (χ4n) is 2.61. The Morgan fingerprint density at radius 2 is 2.13 bits per heavy atom.